The number of aryl methyl sites for hydroxylation is 1. The third-order valence-corrected chi connectivity index (χ3v) is 4.43. The number of hydrogen-bond donors (Lipinski definition) is 0. The van der Waals surface area contributed by atoms with Crippen LogP contribution in [0.2, 0.25) is 0 Å². The van der Waals surface area contributed by atoms with Gasteiger partial charge in [0.05, 0.1) is 24.8 Å². The molecular formula is C16H22N2O3S. The highest BCUT2D eigenvalue weighted by atomic mass is 32.2. The first-order valence-electron chi connectivity index (χ1n) is 7.25. The molecule has 0 unspecified atom stereocenters. The number of imidazole rings is 1. The van der Waals surface area contributed by atoms with E-state index in [0.29, 0.717) is 23.0 Å². The lowest BCUT2D eigenvalue weighted by Crippen LogP contribution is -2.08. The van der Waals surface area contributed by atoms with Gasteiger partial charge >= 0.3 is 5.97 Å². The molecule has 0 bridgehead atoms. The number of nitrogens with zero attached hydrogens (tertiary/aromatic N) is 2. The van der Waals surface area contributed by atoms with E-state index in [1.165, 1.54) is 19.1 Å². The predicted molar refractivity (Wildman–Crippen MR) is 86.1 cm³/mol. The van der Waals surface area contributed by atoms with Crippen molar-refractivity contribution in [3.05, 3.63) is 35.0 Å². The maximum atomic E-state index is 11.7. The molecule has 2 rings (SSSR count). The Kier molecular flexibility index (Phi) is 5.34. The van der Waals surface area contributed by atoms with E-state index >= 15 is 0 Å². The standard InChI is InChI=1S/C16H22N2O3S/c1-10(2)8-18-12(4)11(3)17-16(18)22-9-14-13(6-7-21-14)15(19)20-5/h6-7,10H,8-9H2,1-5H3. The third-order valence-electron chi connectivity index (χ3n) is 3.45. The zero-order valence-electron chi connectivity index (χ0n) is 13.7. The van der Waals surface area contributed by atoms with Crippen LogP contribution in [0.3, 0.4) is 0 Å². The fraction of sp³-hybridized carbons (Fsp3) is 0.500. The summed E-state index contributed by atoms with van der Waals surface area (Å²) in [6.45, 7) is 9.40. The van der Waals surface area contributed by atoms with Crippen molar-refractivity contribution in [3.63, 3.8) is 0 Å². The molecular weight excluding hydrogens is 300 g/mol. The van der Waals surface area contributed by atoms with Gasteiger partial charge in [0.1, 0.15) is 11.3 Å². The number of thioether (sulfide) groups is 1. The molecule has 2 aromatic rings. The van der Waals surface area contributed by atoms with Crippen molar-refractivity contribution in [3.8, 4) is 0 Å². The SMILES string of the molecule is COC(=O)c1ccoc1CSc1nc(C)c(C)n1CC(C)C. The fourth-order valence-corrected chi connectivity index (χ4v) is 3.24. The lowest BCUT2D eigenvalue weighted by molar-refractivity contribution is 0.0598. The van der Waals surface area contributed by atoms with Gasteiger partial charge in [0.25, 0.3) is 0 Å². The average molecular weight is 322 g/mol. The topological polar surface area (TPSA) is 57.3 Å². The minimum atomic E-state index is -0.373. The number of ether oxygens (including phenoxy) is 1. The summed E-state index contributed by atoms with van der Waals surface area (Å²) in [6, 6.07) is 1.64. The van der Waals surface area contributed by atoms with E-state index in [9.17, 15) is 4.79 Å². The van der Waals surface area contributed by atoms with Crippen LogP contribution in [0.25, 0.3) is 0 Å². The summed E-state index contributed by atoms with van der Waals surface area (Å²) in [5.74, 6) is 1.33. The van der Waals surface area contributed by atoms with Crippen LogP contribution < -0.4 is 0 Å². The molecule has 0 aliphatic carbocycles. The molecule has 0 saturated heterocycles. The quantitative estimate of drug-likeness (QED) is 0.597. The first-order valence-corrected chi connectivity index (χ1v) is 8.23. The minimum absolute atomic E-state index is 0.373. The van der Waals surface area contributed by atoms with E-state index in [1.54, 1.807) is 17.8 Å². The Morgan fingerprint density at radius 2 is 2.18 bits per heavy atom. The molecule has 0 fully saturated rings. The number of aromatic nitrogens is 2. The molecule has 0 N–H and O–H groups in total. The normalized spacial score (nSPS) is 11.2. The van der Waals surface area contributed by atoms with Crippen molar-refractivity contribution < 1.29 is 13.9 Å². The molecule has 0 radical (unpaired) electrons. The Labute approximate surface area is 135 Å². The van der Waals surface area contributed by atoms with E-state index < -0.39 is 0 Å². The highest BCUT2D eigenvalue weighted by molar-refractivity contribution is 7.98. The minimum Gasteiger partial charge on any atom is -0.468 e. The second-order valence-electron chi connectivity index (χ2n) is 5.61. The maximum Gasteiger partial charge on any atom is 0.341 e. The van der Waals surface area contributed by atoms with Crippen LogP contribution in [0.5, 0.6) is 0 Å². The molecule has 0 spiro atoms. The Balaban J connectivity index is 2.17. The van der Waals surface area contributed by atoms with E-state index in [2.05, 4.69) is 30.3 Å². The van der Waals surface area contributed by atoms with Crippen LogP contribution in [0, 0.1) is 19.8 Å². The molecule has 0 aliphatic heterocycles. The van der Waals surface area contributed by atoms with Gasteiger partial charge in [-0.15, -0.1) is 0 Å². The van der Waals surface area contributed by atoms with E-state index in [4.69, 9.17) is 9.15 Å². The zero-order chi connectivity index (χ0) is 16.3. The molecule has 120 valence electrons. The summed E-state index contributed by atoms with van der Waals surface area (Å²) in [5.41, 5.74) is 2.70. The molecule has 0 atom stereocenters. The van der Waals surface area contributed by atoms with E-state index in [0.717, 1.165) is 17.4 Å². The number of methoxy groups -OCH3 is 1. The molecule has 2 heterocycles. The zero-order valence-corrected chi connectivity index (χ0v) is 14.5. The highest BCUT2D eigenvalue weighted by Crippen LogP contribution is 2.27. The molecule has 2 aromatic heterocycles. The molecule has 0 saturated carbocycles. The summed E-state index contributed by atoms with van der Waals surface area (Å²) < 4.78 is 12.4. The Hall–Kier alpha value is -1.69. The molecule has 0 amide bonds. The van der Waals surface area contributed by atoms with Crippen LogP contribution in [0.1, 0.15) is 41.4 Å². The molecule has 5 nitrogen and oxygen atoms in total. The Bertz CT molecular complexity index is 658. The number of carbonyl (C=O) groups is 1. The van der Waals surface area contributed by atoms with Crippen molar-refractivity contribution in [1.82, 2.24) is 9.55 Å². The number of hydrogen-bond acceptors (Lipinski definition) is 5. The monoisotopic (exact) mass is 322 g/mol. The highest BCUT2D eigenvalue weighted by Gasteiger charge is 2.18. The summed E-state index contributed by atoms with van der Waals surface area (Å²) in [7, 11) is 1.37. The number of carbonyl (C=O) groups excluding carboxylic acids is 1. The predicted octanol–water partition coefficient (Wildman–Crippen LogP) is 3.83. The van der Waals surface area contributed by atoms with Crippen molar-refractivity contribution in [2.24, 2.45) is 5.92 Å². The van der Waals surface area contributed by atoms with Crippen LogP contribution in [0.4, 0.5) is 0 Å². The molecule has 0 aliphatic rings. The van der Waals surface area contributed by atoms with Crippen LogP contribution >= 0.6 is 11.8 Å². The molecule has 6 heteroatoms. The van der Waals surface area contributed by atoms with Gasteiger partial charge in [-0.25, -0.2) is 9.78 Å². The van der Waals surface area contributed by atoms with Gasteiger partial charge in [-0.1, -0.05) is 25.6 Å². The van der Waals surface area contributed by atoms with Crippen molar-refractivity contribution >= 4 is 17.7 Å². The Morgan fingerprint density at radius 3 is 2.82 bits per heavy atom. The molecule has 22 heavy (non-hydrogen) atoms. The summed E-state index contributed by atoms with van der Waals surface area (Å²) in [5, 5.41) is 0.955. The number of esters is 1. The summed E-state index contributed by atoms with van der Waals surface area (Å²) >= 11 is 1.57. The molecule has 0 aromatic carbocycles. The number of furan rings is 1. The summed E-state index contributed by atoms with van der Waals surface area (Å²) in [6.07, 6.45) is 1.51. The van der Waals surface area contributed by atoms with Gasteiger partial charge in [-0.3, -0.25) is 0 Å². The lowest BCUT2D eigenvalue weighted by Gasteiger charge is -2.12. The van der Waals surface area contributed by atoms with Crippen LogP contribution in [-0.2, 0) is 17.0 Å². The first kappa shape index (κ1) is 16.7. The van der Waals surface area contributed by atoms with Crippen LogP contribution in [-0.4, -0.2) is 22.6 Å². The van der Waals surface area contributed by atoms with E-state index in [-0.39, 0.29) is 5.97 Å². The van der Waals surface area contributed by atoms with Gasteiger partial charge in [0.2, 0.25) is 0 Å². The Morgan fingerprint density at radius 1 is 1.45 bits per heavy atom. The second kappa shape index (κ2) is 7.05. The third kappa shape index (κ3) is 3.55. The van der Waals surface area contributed by atoms with Crippen molar-refractivity contribution in [2.75, 3.05) is 7.11 Å². The maximum absolute atomic E-state index is 11.7. The van der Waals surface area contributed by atoms with Gasteiger partial charge in [-0.2, -0.15) is 0 Å². The lowest BCUT2D eigenvalue weighted by atomic mass is 10.2. The van der Waals surface area contributed by atoms with E-state index in [1.807, 2.05) is 6.92 Å². The van der Waals surface area contributed by atoms with Crippen molar-refractivity contribution in [1.29, 1.82) is 0 Å². The summed E-state index contributed by atoms with van der Waals surface area (Å²) in [4.78, 5) is 16.3. The van der Waals surface area contributed by atoms with Crippen molar-refractivity contribution in [2.45, 2.75) is 45.1 Å². The van der Waals surface area contributed by atoms with Gasteiger partial charge in [0.15, 0.2) is 5.16 Å². The second-order valence-corrected chi connectivity index (χ2v) is 6.55. The average Bonchev–Trinajstić information content (AvgIpc) is 3.04. The van der Waals surface area contributed by atoms with Gasteiger partial charge < -0.3 is 13.7 Å². The smallest absolute Gasteiger partial charge is 0.341 e. The fourth-order valence-electron chi connectivity index (χ4n) is 2.19. The number of rotatable bonds is 6. The van der Waals surface area contributed by atoms with Gasteiger partial charge in [-0.05, 0) is 25.8 Å². The van der Waals surface area contributed by atoms with Gasteiger partial charge in [0, 0.05) is 12.2 Å². The van der Waals surface area contributed by atoms with Crippen LogP contribution in [0.15, 0.2) is 21.9 Å². The largest absolute Gasteiger partial charge is 0.468 e. The first-order chi connectivity index (χ1) is 10.4.